The maximum absolute atomic E-state index is 4.64. The van der Waals surface area contributed by atoms with E-state index >= 15 is 0 Å². The quantitative estimate of drug-likeness (QED) is 0.779. The molecule has 1 saturated carbocycles. The lowest BCUT2D eigenvalue weighted by Crippen LogP contribution is -2.15. The monoisotopic (exact) mass is 224 g/mol. The number of thiol groups is 1. The molecule has 0 amide bonds. The minimum Gasteiger partial charge on any atom is -0.269 e. The van der Waals surface area contributed by atoms with Crippen molar-refractivity contribution < 1.29 is 0 Å². The van der Waals surface area contributed by atoms with E-state index < -0.39 is 0 Å². The number of aromatic nitrogens is 2. The van der Waals surface area contributed by atoms with Gasteiger partial charge in [0.1, 0.15) is 0 Å². The smallest absolute Gasteiger partial charge is 0.0628 e. The van der Waals surface area contributed by atoms with E-state index in [2.05, 4.69) is 43.2 Å². The highest BCUT2D eigenvalue weighted by Gasteiger charge is 2.42. The van der Waals surface area contributed by atoms with E-state index in [0.29, 0.717) is 5.41 Å². The number of aryl methyl sites for hydroxylation is 1. The first kappa shape index (κ1) is 11.1. The minimum absolute atomic E-state index is 0.456. The van der Waals surface area contributed by atoms with Crippen LogP contribution in [0.25, 0.3) is 0 Å². The standard InChI is InChI=1S/C12H20N2S/c1-4-11-9(2)13-14(10(11)3)7-12(8-15)5-6-12/h15H,4-8H2,1-3H3. The van der Waals surface area contributed by atoms with Gasteiger partial charge in [0.25, 0.3) is 0 Å². The molecule has 1 fully saturated rings. The van der Waals surface area contributed by atoms with Crippen molar-refractivity contribution in [1.29, 1.82) is 0 Å². The van der Waals surface area contributed by atoms with E-state index in [4.69, 9.17) is 0 Å². The molecule has 0 radical (unpaired) electrons. The fourth-order valence-electron chi connectivity index (χ4n) is 2.26. The van der Waals surface area contributed by atoms with Gasteiger partial charge >= 0.3 is 0 Å². The predicted octanol–water partition coefficient (Wildman–Crippen LogP) is 2.77. The van der Waals surface area contributed by atoms with E-state index in [0.717, 1.165) is 18.7 Å². The van der Waals surface area contributed by atoms with Crippen LogP contribution in [0.3, 0.4) is 0 Å². The van der Waals surface area contributed by atoms with Crippen molar-refractivity contribution in [2.75, 3.05) is 5.75 Å². The van der Waals surface area contributed by atoms with Crippen LogP contribution in [0.4, 0.5) is 0 Å². The Morgan fingerprint density at radius 2 is 2.07 bits per heavy atom. The molecule has 1 heterocycles. The Bertz CT molecular complexity index is 364. The first-order chi connectivity index (χ1) is 7.12. The Labute approximate surface area is 97.5 Å². The summed E-state index contributed by atoms with van der Waals surface area (Å²) in [5.74, 6) is 0.993. The zero-order valence-corrected chi connectivity index (χ0v) is 10.8. The summed E-state index contributed by atoms with van der Waals surface area (Å²) in [5, 5.41) is 4.64. The van der Waals surface area contributed by atoms with E-state index in [9.17, 15) is 0 Å². The third-order valence-electron chi connectivity index (χ3n) is 3.66. The summed E-state index contributed by atoms with van der Waals surface area (Å²) in [6.45, 7) is 7.56. The predicted molar refractivity (Wildman–Crippen MR) is 66.6 cm³/mol. The summed E-state index contributed by atoms with van der Waals surface area (Å²) >= 11 is 4.44. The summed E-state index contributed by atoms with van der Waals surface area (Å²) in [7, 11) is 0. The number of rotatable bonds is 4. The van der Waals surface area contributed by atoms with Gasteiger partial charge in [0.15, 0.2) is 0 Å². The molecular weight excluding hydrogens is 204 g/mol. The highest BCUT2D eigenvalue weighted by atomic mass is 32.1. The molecule has 0 N–H and O–H groups in total. The zero-order valence-electron chi connectivity index (χ0n) is 9.88. The molecule has 2 nitrogen and oxygen atoms in total. The van der Waals surface area contributed by atoms with E-state index in [1.54, 1.807) is 0 Å². The van der Waals surface area contributed by atoms with Crippen molar-refractivity contribution >= 4 is 12.6 Å². The van der Waals surface area contributed by atoms with Gasteiger partial charge < -0.3 is 0 Å². The van der Waals surface area contributed by atoms with Gasteiger partial charge in [0.05, 0.1) is 5.69 Å². The molecule has 1 aliphatic rings. The van der Waals surface area contributed by atoms with Gasteiger partial charge in [-0.15, -0.1) is 0 Å². The van der Waals surface area contributed by atoms with Gasteiger partial charge in [-0.3, -0.25) is 4.68 Å². The maximum Gasteiger partial charge on any atom is 0.0628 e. The second-order valence-corrected chi connectivity index (χ2v) is 5.13. The molecule has 1 aromatic heterocycles. The lowest BCUT2D eigenvalue weighted by Gasteiger charge is -2.13. The largest absolute Gasteiger partial charge is 0.269 e. The van der Waals surface area contributed by atoms with Crippen molar-refractivity contribution in [3.05, 3.63) is 17.0 Å². The van der Waals surface area contributed by atoms with Crippen LogP contribution in [-0.2, 0) is 13.0 Å². The molecule has 15 heavy (non-hydrogen) atoms. The van der Waals surface area contributed by atoms with Gasteiger partial charge in [0, 0.05) is 12.2 Å². The average Bonchev–Trinajstić information content (AvgIpc) is 2.93. The average molecular weight is 224 g/mol. The Kier molecular flexibility index (Phi) is 2.84. The summed E-state index contributed by atoms with van der Waals surface area (Å²) in [5.41, 5.74) is 4.43. The molecule has 2 rings (SSSR count). The molecule has 0 atom stereocenters. The first-order valence-corrected chi connectivity index (χ1v) is 6.39. The highest BCUT2D eigenvalue weighted by molar-refractivity contribution is 7.80. The maximum atomic E-state index is 4.64. The van der Waals surface area contributed by atoms with Gasteiger partial charge in [-0.25, -0.2) is 0 Å². The molecule has 0 saturated heterocycles. The van der Waals surface area contributed by atoms with Crippen LogP contribution in [0.2, 0.25) is 0 Å². The van der Waals surface area contributed by atoms with Crippen LogP contribution in [0.15, 0.2) is 0 Å². The Morgan fingerprint density at radius 1 is 1.40 bits per heavy atom. The molecular formula is C12H20N2S. The molecule has 84 valence electrons. The second kappa shape index (κ2) is 3.85. The minimum atomic E-state index is 0.456. The number of nitrogens with zero attached hydrogens (tertiary/aromatic N) is 2. The zero-order chi connectivity index (χ0) is 11.1. The van der Waals surface area contributed by atoms with Gasteiger partial charge in [-0.05, 0) is 49.8 Å². The topological polar surface area (TPSA) is 17.8 Å². The molecule has 1 aromatic rings. The summed E-state index contributed by atoms with van der Waals surface area (Å²) in [6.07, 6.45) is 3.72. The normalized spacial score (nSPS) is 18.1. The van der Waals surface area contributed by atoms with Gasteiger partial charge in [-0.2, -0.15) is 17.7 Å². The third-order valence-corrected chi connectivity index (χ3v) is 4.33. The van der Waals surface area contributed by atoms with Crippen molar-refractivity contribution in [2.24, 2.45) is 5.41 Å². The number of hydrogen-bond donors (Lipinski definition) is 1. The summed E-state index contributed by atoms with van der Waals surface area (Å²) < 4.78 is 2.19. The number of hydrogen-bond acceptors (Lipinski definition) is 2. The Hall–Kier alpha value is -0.440. The molecule has 0 aliphatic heterocycles. The molecule has 3 heteroatoms. The third kappa shape index (κ3) is 1.94. The van der Waals surface area contributed by atoms with Crippen LogP contribution >= 0.6 is 12.6 Å². The highest BCUT2D eigenvalue weighted by Crippen LogP contribution is 2.48. The van der Waals surface area contributed by atoms with Crippen LogP contribution in [0.5, 0.6) is 0 Å². The van der Waals surface area contributed by atoms with Crippen LogP contribution in [0, 0.1) is 19.3 Å². The first-order valence-electron chi connectivity index (χ1n) is 5.75. The fraction of sp³-hybridized carbons (Fsp3) is 0.750. The Morgan fingerprint density at radius 3 is 2.47 bits per heavy atom. The molecule has 0 bridgehead atoms. The van der Waals surface area contributed by atoms with Crippen molar-refractivity contribution in [3.8, 4) is 0 Å². The molecule has 0 spiro atoms. The van der Waals surface area contributed by atoms with Crippen molar-refractivity contribution in [3.63, 3.8) is 0 Å². The molecule has 0 aromatic carbocycles. The van der Waals surface area contributed by atoms with Gasteiger partial charge in [-0.1, -0.05) is 6.92 Å². The SMILES string of the molecule is CCc1c(C)nn(CC2(CS)CC2)c1C. The molecule has 0 unspecified atom stereocenters. The lowest BCUT2D eigenvalue weighted by atomic mass is 10.1. The van der Waals surface area contributed by atoms with Gasteiger partial charge in [0.2, 0.25) is 0 Å². The molecule has 1 aliphatic carbocycles. The Balaban J connectivity index is 2.22. The van der Waals surface area contributed by atoms with Crippen LogP contribution in [-0.4, -0.2) is 15.5 Å². The van der Waals surface area contributed by atoms with Crippen LogP contribution < -0.4 is 0 Å². The van der Waals surface area contributed by atoms with E-state index in [-0.39, 0.29) is 0 Å². The summed E-state index contributed by atoms with van der Waals surface area (Å²) in [4.78, 5) is 0. The van der Waals surface area contributed by atoms with Crippen LogP contribution in [0.1, 0.15) is 36.7 Å². The van der Waals surface area contributed by atoms with E-state index in [1.807, 2.05) is 0 Å². The lowest BCUT2D eigenvalue weighted by molar-refractivity contribution is 0.432. The fourth-order valence-corrected chi connectivity index (χ4v) is 2.68. The van der Waals surface area contributed by atoms with Crippen molar-refractivity contribution in [1.82, 2.24) is 9.78 Å². The second-order valence-electron chi connectivity index (χ2n) is 4.82. The summed E-state index contributed by atoms with van der Waals surface area (Å²) in [6, 6.07) is 0. The van der Waals surface area contributed by atoms with Crippen molar-refractivity contribution in [2.45, 2.75) is 46.6 Å². The van der Waals surface area contributed by atoms with E-state index in [1.165, 1.54) is 29.8 Å².